The Morgan fingerprint density at radius 3 is 1.88 bits per heavy atom. The maximum Gasteiger partial charge on any atom is 0.332 e. The van der Waals surface area contributed by atoms with Gasteiger partial charge in [-0.05, 0) is 31.9 Å². The summed E-state index contributed by atoms with van der Waals surface area (Å²) in [5, 5.41) is 0. The van der Waals surface area contributed by atoms with Crippen LogP contribution in [0, 0.1) is 20.8 Å². The van der Waals surface area contributed by atoms with Gasteiger partial charge in [0.05, 0.1) is 13.1 Å². The lowest BCUT2D eigenvalue weighted by Gasteiger charge is -2.08. The van der Waals surface area contributed by atoms with Gasteiger partial charge in [-0.1, -0.05) is 59.7 Å². The van der Waals surface area contributed by atoms with E-state index in [4.69, 9.17) is 4.98 Å². The summed E-state index contributed by atoms with van der Waals surface area (Å²) < 4.78 is 6.63. The van der Waals surface area contributed by atoms with E-state index in [1.807, 2.05) is 48.7 Å². The molecule has 7 heteroatoms. The molecule has 3 aromatic heterocycles. The van der Waals surface area contributed by atoms with Crippen LogP contribution in [0.5, 0.6) is 0 Å². The Morgan fingerprint density at radius 1 is 0.781 bits per heavy atom. The van der Waals surface area contributed by atoms with Crippen LogP contribution in [0.1, 0.15) is 27.9 Å². The SMILES string of the molecule is Cc1ccc(Cn2c(=O)c3c(nc4n(Cc5ccc(C)cc5)c(C)cn34)n(C)c2=O)cc1. The second-order valence-corrected chi connectivity index (χ2v) is 8.51. The first-order valence-electron chi connectivity index (χ1n) is 10.6. The zero-order chi connectivity index (χ0) is 22.6. The molecule has 0 amide bonds. The third kappa shape index (κ3) is 3.17. The van der Waals surface area contributed by atoms with Crippen LogP contribution < -0.4 is 11.2 Å². The van der Waals surface area contributed by atoms with E-state index in [9.17, 15) is 9.59 Å². The van der Waals surface area contributed by atoms with E-state index in [1.54, 1.807) is 7.05 Å². The number of imidazole rings is 2. The molecule has 32 heavy (non-hydrogen) atoms. The van der Waals surface area contributed by atoms with Crippen LogP contribution in [0.3, 0.4) is 0 Å². The van der Waals surface area contributed by atoms with Crippen LogP contribution in [0.2, 0.25) is 0 Å². The van der Waals surface area contributed by atoms with Gasteiger partial charge in [0.2, 0.25) is 5.78 Å². The fraction of sp³-hybridized carbons (Fsp3) is 0.240. The van der Waals surface area contributed by atoms with Crippen LogP contribution in [-0.4, -0.2) is 23.1 Å². The van der Waals surface area contributed by atoms with Gasteiger partial charge in [0, 0.05) is 18.9 Å². The molecule has 0 spiro atoms. The van der Waals surface area contributed by atoms with E-state index < -0.39 is 0 Å². The van der Waals surface area contributed by atoms with Gasteiger partial charge in [0.1, 0.15) is 0 Å². The van der Waals surface area contributed by atoms with Gasteiger partial charge in [0.15, 0.2) is 11.2 Å². The maximum atomic E-state index is 13.4. The first-order valence-corrected chi connectivity index (χ1v) is 10.6. The Hall–Kier alpha value is -3.87. The highest BCUT2D eigenvalue weighted by Gasteiger charge is 2.20. The van der Waals surface area contributed by atoms with Gasteiger partial charge < -0.3 is 4.57 Å². The largest absolute Gasteiger partial charge is 0.332 e. The van der Waals surface area contributed by atoms with Crippen LogP contribution in [0.25, 0.3) is 16.9 Å². The van der Waals surface area contributed by atoms with Crippen LogP contribution in [-0.2, 0) is 20.1 Å². The minimum absolute atomic E-state index is 0.220. The van der Waals surface area contributed by atoms with Gasteiger partial charge in [-0.15, -0.1) is 0 Å². The molecular formula is C25H25N5O2. The van der Waals surface area contributed by atoms with Gasteiger partial charge in [-0.25, -0.2) is 4.79 Å². The van der Waals surface area contributed by atoms with E-state index in [0.717, 1.165) is 22.4 Å². The number of rotatable bonds is 4. The topological polar surface area (TPSA) is 66.2 Å². The summed E-state index contributed by atoms with van der Waals surface area (Å²) in [5.74, 6) is 0.651. The summed E-state index contributed by atoms with van der Waals surface area (Å²) in [5.41, 5.74) is 5.50. The first-order chi connectivity index (χ1) is 15.3. The summed E-state index contributed by atoms with van der Waals surface area (Å²) in [4.78, 5) is 31.2. The molecule has 0 saturated carbocycles. The number of hydrogen-bond acceptors (Lipinski definition) is 3. The number of fused-ring (bicyclic) bond motifs is 3. The predicted molar refractivity (Wildman–Crippen MR) is 125 cm³/mol. The summed E-state index contributed by atoms with van der Waals surface area (Å²) >= 11 is 0. The van der Waals surface area contributed by atoms with E-state index in [0.29, 0.717) is 23.5 Å². The number of benzene rings is 2. The molecule has 0 aliphatic carbocycles. The smallest absolute Gasteiger partial charge is 0.310 e. The monoisotopic (exact) mass is 427 g/mol. The highest BCUT2D eigenvalue weighted by Crippen LogP contribution is 2.18. The average molecular weight is 428 g/mol. The van der Waals surface area contributed by atoms with Crippen molar-refractivity contribution < 1.29 is 0 Å². The third-order valence-electron chi connectivity index (χ3n) is 6.06. The second-order valence-electron chi connectivity index (χ2n) is 8.51. The molecular weight excluding hydrogens is 402 g/mol. The lowest BCUT2D eigenvalue weighted by Crippen LogP contribution is -2.39. The first kappa shape index (κ1) is 20.1. The molecule has 0 radical (unpaired) electrons. The molecule has 0 unspecified atom stereocenters. The molecule has 0 fully saturated rings. The average Bonchev–Trinajstić information content (AvgIpc) is 3.28. The Balaban J connectivity index is 1.69. The lowest BCUT2D eigenvalue weighted by molar-refractivity contribution is 0.656. The molecule has 7 nitrogen and oxygen atoms in total. The standard InChI is InChI=1S/C25H25N5O2/c1-16-5-9-19(10-6-16)14-28-18(3)13-29-21-22(26-24(28)29)27(4)25(32)30(23(21)31)15-20-11-7-17(2)8-12-20/h5-13H,14-15H2,1-4H3. The lowest BCUT2D eigenvalue weighted by atomic mass is 10.1. The second kappa shape index (κ2) is 7.37. The van der Waals surface area contributed by atoms with Crippen molar-refractivity contribution in [2.45, 2.75) is 33.9 Å². The van der Waals surface area contributed by atoms with Crippen molar-refractivity contribution in [1.82, 2.24) is 23.1 Å². The molecule has 0 aliphatic heterocycles. The van der Waals surface area contributed by atoms with Crippen LogP contribution in [0.4, 0.5) is 0 Å². The summed E-state index contributed by atoms with van der Waals surface area (Å²) in [6.45, 7) is 6.93. The number of aromatic nitrogens is 5. The maximum absolute atomic E-state index is 13.4. The molecule has 0 aliphatic rings. The van der Waals surface area contributed by atoms with E-state index >= 15 is 0 Å². The number of aryl methyl sites for hydroxylation is 4. The minimum Gasteiger partial charge on any atom is -0.310 e. The molecule has 0 N–H and O–H groups in total. The zero-order valence-corrected chi connectivity index (χ0v) is 18.7. The Bertz CT molecular complexity index is 1580. The van der Waals surface area contributed by atoms with Crippen molar-refractivity contribution in [3.8, 4) is 0 Å². The molecule has 0 saturated heterocycles. The fourth-order valence-corrected chi connectivity index (χ4v) is 4.14. The van der Waals surface area contributed by atoms with Gasteiger partial charge in [-0.2, -0.15) is 4.98 Å². The van der Waals surface area contributed by atoms with E-state index in [2.05, 4.69) is 35.8 Å². The molecule has 0 atom stereocenters. The highest BCUT2D eigenvalue weighted by atomic mass is 16.2. The normalized spacial score (nSPS) is 11.6. The molecule has 162 valence electrons. The fourth-order valence-electron chi connectivity index (χ4n) is 4.14. The molecule has 5 aromatic rings. The molecule has 2 aromatic carbocycles. The van der Waals surface area contributed by atoms with Crippen molar-refractivity contribution in [3.05, 3.63) is 104 Å². The number of nitrogens with zero attached hydrogens (tertiary/aromatic N) is 5. The van der Waals surface area contributed by atoms with Crippen molar-refractivity contribution in [2.75, 3.05) is 0 Å². The van der Waals surface area contributed by atoms with Crippen molar-refractivity contribution >= 4 is 16.9 Å². The van der Waals surface area contributed by atoms with Crippen LogP contribution >= 0.6 is 0 Å². The molecule has 5 rings (SSSR count). The summed E-state index contributed by atoms with van der Waals surface area (Å²) in [7, 11) is 1.67. The van der Waals surface area contributed by atoms with Crippen molar-refractivity contribution in [3.63, 3.8) is 0 Å². The zero-order valence-electron chi connectivity index (χ0n) is 18.7. The Morgan fingerprint density at radius 2 is 1.31 bits per heavy atom. The van der Waals surface area contributed by atoms with Gasteiger partial charge >= 0.3 is 5.69 Å². The van der Waals surface area contributed by atoms with Crippen molar-refractivity contribution in [1.29, 1.82) is 0 Å². The van der Waals surface area contributed by atoms with Gasteiger partial charge in [0.25, 0.3) is 5.56 Å². The van der Waals surface area contributed by atoms with E-state index in [1.165, 1.54) is 14.7 Å². The van der Waals surface area contributed by atoms with Crippen molar-refractivity contribution in [2.24, 2.45) is 7.05 Å². The predicted octanol–water partition coefficient (Wildman–Crippen LogP) is 3.17. The summed E-state index contributed by atoms with van der Waals surface area (Å²) in [6, 6.07) is 16.2. The summed E-state index contributed by atoms with van der Waals surface area (Å²) in [6.07, 6.45) is 1.92. The third-order valence-corrected chi connectivity index (χ3v) is 6.06. The molecule has 0 bridgehead atoms. The van der Waals surface area contributed by atoms with E-state index in [-0.39, 0.29) is 17.8 Å². The van der Waals surface area contributed by atoms with Gasteiger partial charge in [-0.3, -0.25) is 18.3 Å². The number of hydrogen-bond donors (Lipinski definition) is 0. The Kier molecular flexibility index (Phi) is 4.62. The van der Waals surface area contributed by atoms with Crippen LogP contribution in [0.15, 0.2) is 64.3 Å². The molecule has 3 heterocycles. The quantitative estimate of drug-likeness (QED) is 0.443. The minimum atomic E-state index is -0.370. The Labute approximate surface area is 184 Å². The highest BCUT2D eigenvalue weighted by molar-refractivity contribution is 5.75.